The second kappa shape index (κ2) is 8.20. The molecule has 1 aliphatic heterocycles. The van der Waals surface area contributed by atoms with Gasteiger partial charge in [-0.05, 0) is 36.5 Å². The largest absolute Gasteiger partial charge is 0.497 e. The number of piperidine rings is 1. The molecule has 29 heavy (non-hydrogen) atoms. The first-order chi connectivity index (χ1) is 14.0. The van der Waals surface area contributed by atoms with Crippen molar-refractivity contribution in [2.75, 3.05) is 25.1 Å². The molecule has 9 heteroatoms. The van der Waals surface area contributed by atoms with E-state index in [1.54, 1.807) is 7.11 Å². The number of ether oxygens (including phenoxy) is 1. The Kier molecular flexibility index (Phi) is 5.48. The number of nitrogens with zero attached hydrogens (tertiary/aromatic N) is 4. The van der Waals surface area contributed by atoms with Gasteiger partial charge in [0.25, 0.3) is 11.5 Å². The zero-order valence-corrected chi connectivity index (χ0v) is 17.2. The second-order valence-electron chi connectivity index (χ2n) is 7.26. The van der Waals surface area contributed by atoms with Crippen LogP contribution in [0, 0.1) is 5.92 Å². The second-order valence-corrected chi connectivity index (χ2v) is 8.20. The van der Waals surface area contributed by atoms with E-state index in [0.717, 1.165) is 42.4 Å². The number of carbonyl (C=O) groups is 1. The number of fused-ring (bicyclic) bond motifs is 1. The number of anilines is 1. The number of carbonyl (C=O) groups excluding carboxylic acids is 1. The van der Waals surface area contributed by atoms with Crippen LogP contribution in [0.1, 0.15) is 35.8 Å². The molecule has 1 amide bonds. The van der Waals surface area contributed by atoms with Gasteiger partial charge in [-0.25, -0.2) is 0 Å². The van der Waals surface area contributed by atoms with Crippen LogP contribution >= 0.6 is 11.3 Å². The summed E-state index contributed by atoms with van der Waals surface area (Å²) >= 11 is 1.34. The van der Waals surface area contributed by atoms with Crippen LogP contribution in [0.25, 0.3) is 4.96 Å². The number of amides is 1. The molecule has 3 heterocycles. The maximum Gasteiger partial charge on any atom is 0.274 e. The van der Waals surface area contributed by atoms with E-state index in [1.807, 2.05) is 24.3 Å². The van der Waals surface area contributed by atoms with E-state index >= 15 is 0 Å². The first-order valence-corrected chi connectivity index (χ1v) is 10.4. The van der Waals surface area contributed by atoms with E-state index in [9.17, 15) is 9.59 Å². The number of hydrogen-bond donors (Lipinski definition) is 1. The van der Waals surface area contributed by atoms with Gasteiger partial charge in [0.1, 0.15) is 11.4 Å². The van der Waals surface area contributed by atoms with Gasteiger partial charge in [0.05, 0.1) is 7.11 Å². The van der Waals surface area contributed by atoms with Crippen molar-refractivity contribution < 1.29 is 9.53 Å². The highest BCUT2D eigenvalue weighted by molar-refractivity contribution is 7.20. The Balaban J connectivity index is 1.57. The van der Waals surface area contributed by atoms with Crippen LogP contribution in [-0.4, -0.2) is 40.7 Å². The molecule has 0 saturated carbocycles. The van der Waals surface area contributed by atoms with E-state index in [4.69, 9.17) is 4.74 Å². The van der Waals surface area contributed by atoms with E-state index in [0.29, 0.717) is 17.4 Å². The van der Waals surface area contributed by atoms with Crippen LogP contribution in [0.2, 0.25) is 0 Å². The van der Waals surface area contributed by atoms with E-state index in [-0.39, 0.29) is 11.6 Å². The predicted octanol–water partition coefficient (Wildman–Crippen LogP) is 2.33. The minimum atomic E-state index is -0.445. The summed E-state index contributed by atoms with van der Waals surface area (Å²) in [6.07, 6.45) is 2.21. The number of methoxy groups -OCH3 is 1. The molecule has 2 aromatic heterocycles. The number of nitrogens with one attached hydrogen (secondary N) is 1. The third-order valence-corrected chi connectivity index (χ3v) is 6.09. The van der Waals surface area contributed by atoms with Crippen LogP contribution in [0.5, 0.6) is 5.75 Å². The number of benzene rings is 1. The molecule has 0 unspecified atom stereocenters. The molecule has 1 N–H and O–H groups in total. The Morgan fingerprint density at radius 3 is 2.86 bits per heavy atom. The number of aromatic nitrogens is 3. The van der Waals surface area contributed by atoms with Crippen molar-refractivity contribution in [1.29, 1.82) is 0 Å². The summed E-state index contributed by atoms with van der Waals surface area (Å²) in [5.74, 6) is 1.06. The van der Waals surface area contributed by atoms with Crippen molar-refractivity contribution >= 4 is 27.3 Å². The quantitative estimate of drug-likeness (QED) is 0.691. The maximum absolute atomic E-state index is 12.8. The van der Waals surface area contributed by atoms with Crippen LogP contribution in [0.4, 0.5) is 5.13 Å². The van der Waals surface area contributed by atoms with Crippen LogP contribution in [-0.2, 0) is 6.54 Å². The summed E-state index contributed by atoms with van der Waals surface area (Å²) in [4.78, 5) is 31.5. The normalized spacial score (nSPS) is 14.9. The van der Waals surface area contributed by atoms with Gasteiger partial charge in [-0.2, -0.15) is 9.50 Å². The third kappa shape index (κ3) is 4.24. The summed E-state index contributed by atoms with van der Waals surface area (Å²) in [5, 5.41) is 8.22. The summed E-state index contributed by atoms with van der Waals surface area (Å²) < 4.78 is 6.68. The van der Waals surface area contributed by atoms with Gasteiger partial charge in [0, 0.05) is 25.7 Å². The topological polar surface area (TPSA) is 88.8 Å². The van der Waals surface area contributed by atoms with Crippen LogP contribution in [0.3, 0.4) is 0 Å². The van der Waals surface area contributed by atoms with Crippen LogP contribution in [0.15, 0.2) is 35.1 Å². The van der Waals surface area contributed by atoms with Crippen molar-refractivity contribution in [2.24, 2.45) is 5.92 Å². The monoisotopic (exact) mass is 413 g/mol. The van der Waals surface area contributed by atoms with Crippen molar-refractivity contribution in [3.8, 4) is 5.75 Å². The predicted molar refractivity (Wildman–Crippen MR) is 112 cm³/mol. The Bertz CT molecular complexity index is 1090. The first-order valence-electron chi connectivity index (χ1n) is 9.60. The lowest BCUT2D eigenvalue weighted by molar-refractivity contribution is 0.0943. The minimum Gasteiger partial charge on any atom is -0.497 e. The lowest BCUT2D eigenvalue weighted by atomic mass is 10.00. The van der Waals surface area contributed by atoms with Gasteiger partial charge < -0.3 is 15.0 Å². The summed E-state index contributed by atoms with van der Waals surface area (Å²) in [7, 11) is 1.60. The SMILES string of the molecule is COc1cccc(CNC(=O)c2cc(=O)nc3sc(N4CCC(C)CC4)nn23)c1. The Hall–Kier alpha value is -2.94. The summed E-state index contributed by atoms with van der Waals surface area (Å²) in [5.41, 5.74) is 0.645. The molecule has 1 aliphatic rings. The highest BCUT2D eigenvalue weighted by Crippen LogP contribution is 2.27. The maximum atomic E-state index is 12.8. The lowest BCUT2D eigenvalue weighted by Crippen LogP contribution is -2.32. The minimum absolute atomic E-state index is 0.191. The van der Waals surface area contributed by atoms with Gasteiger partial charge in [0.15, 0.2) is 0 Å². The molecule has 0 radical (unpaired) electrons. The average Bonchev–Trinajstić information content (AvgIpc) is 3.16. The average molecular weight is 414 g/mol. The first kappa shape index (κ1) is 19.4. The molecule has 1 saturated heterocycles. The molecule has 1 fully saturated rings. The Labute approximate surface area is 172 Å². The smallest absolute Gasteiger partial charge is 0.274 e. The molecule has 1 aromatic carbocycles. The van der Waals surface area contributed by atoms with E-state index in [2.05, 4.69) is 27.2 Å². The van der Waals surface area contributed by atoms with Gasteiger partial charge in [-0.15, -0.1) is 5.10 Å². The molecule has 0 spiro atoms. The molecule has 152 valence electrons. The number of hydrogen-bond acceptors (Lipinski definition) is 7. The third-order valence-electron chi connectivity index (χ3n) is 5.12. The van der Waals surface area contributed by atoms with Crippen molar-refractivity contribution in [2.45, 2.75) is 26.3 Å². The molecule has 0 aliphatic carbocycles. The number of rotatable bonds is 5. The fraction of sp³-hybridized carbons (Fsp3) is 0.400. The Morgan fingerprint density at radius 2 is 2.10 bits per heavy atom. The molecule has 0 atom stereocenters. The van der Waals surface area contributed by atoms with Gasteiger partial charge in [-0.3, -0.25) is 9.59 Å². The lowest BCUT2D eigenvalue weighted by Gasteiger charge is -2.29. The van der Waals surface area contributed by atoms with Crippen molar-refractivity contribution in [1.82, 2.24) is 19.9 Å². The molecule has 3 aromatic rings. The molecule has 0 bridgehead atoms. The summed E-state index contributed by atoms with van der Waals surface area (Å²) in [6, 6.07) is 8.69. The fourth-order valence-electron chi connectivity index (χ4n) is 3.35. The standard InChI is InChI=1S/C20H23N5O3S/c1-13-6-8-24(9-7-13)20-23-25-16(11-17(26)22-19(25)29-20)18(27)21-12-14-4-3-5-15(10-14)28-2/h3-5,10-11,13H,6-9,12H2,1-2H3,(H,21,27). The Morgan fingerprint density at radius 1 is 1.31 bits per heavy atom. The van der Waals surface area contributed by atoms with E-state index < -0.39 is 5.56 Å². The molecule has 8 nitrogen and oxygen atoms in total. The van der Waals surface area contributed by atoms with Gasteiger partial charge in [0.2, 0.25) is 10.1 Å². The van der Waals surface area contributed by atoms with Crippen LogP contribution < -0.4 is 20.5 Å². The highest BCUT2D eigenvalue weighted by atomic mass is 32.1. The van der Waals surface area contributed by atoms with E-state index in [1.165, 1.54) is 21.9 Å². The summed E-state index contributed by atoms with van der Waals surface area (Å²) in [6.45, 7) is 4.41. The van der Waals surface area contributed by atoms with Crippen molar-refractivity contribution in [3.63, 3.8) is 0 Å². The molecule has 4 rings (SSSR count). The zero-order chi connectivity index (χ0) is 20.4. The molecular weight excluding hydrogens is 390 g/mol. The zero-order valence-electron chi connectivity index (χ0n) is 16.4. The van der Waals surface area contributed by atoms with Gasteiger partial charge in [-0.1, -0.05) is 30.4 Å². The highest BCUT2D eigenvalue weighted by Gasteiger charge is 2.21. The molecular formula is C20H23N5O3S. The fourth-order valence-corrected chi connectivity index (χ4v) is 4.31. The van der Waals surface area contributed by atoms with Crippen molar-refractivity contribution in [3.05, 3.63) is 51.9 Å². The van der Waals surface area contributed by atoms with Gasteiger partial charge >= 0.3 is 0 Å².